The Kier molecular flexibility index (Phi) is 9.13. The van der Waals surface area contributed by atoms with Gasteiger partial charge < -0.3 is 24.1 Å². The molecule has 36 heavy (non-hydrogen) atoms. The van der Waals surface area contributed by atoms with Gasteiger partial charge in [-0.25, -0.2) is 4.79 Å². The van der Waals surface area contributed by atoms with Crippen molar-refractivity contribution in [2.24, 2.45) is 10.8 Å². The minimum absolute atomic E-state index is 0.0690. The van der Waals surface area contributed by atoms with Crippen LogP contribution in [0.2, 0.25) is 0 Å². The number of aromatic hydroxyl groups is 1. The number of hydrogen-bond donors (Lipinski definition) is 1. The summed E-state index contributed by atoms with van der Waals surface area (Å²) in [6.07, 6.45) is 0.646. The molecule has 0 spiro atoms. The van der Waals surface area contributed by atoms with Gasteiger partial charge in [0.2, 0.25) is 0 Å². The van der Waals surface area contributed by atoms with Crippen molar-refractivity contribution in [3.05, 3.63) is 48.5 Å². The van der Waals surface area contributed by atoms with Crippen LogP contribution < -0.4 is 14.2 Å². The molecule has 8 heteroatoms. The van der Waals surface area contributed by atoms with Crippen LogP contribution in [0.3, 0.4) is 0 Å². The first-order valence-corrected chi connectivity index (χ1v) is 11.8. The lowest BCUT2D eigenvalue weighted by molar-refractivity contribution is -0.157. The molecule has 8 nitrogen and oxygen atoms in total. The quantitative estimate of drug-likeness (QED) is 0.339. The summed E-state index contributed by atoms with van der Waals surface area (Å²) in [7, 11) is 0. The SMILES string of the molecule is CCC(C)(CC(C)(C)C(=O)Oc1ccc(OCC(=O)OC(C)(C)C)cc1)C(=O)Oc1ccc(O)cc1. The summed E-state index contributed by atoms with van der Waals surface area (Å²) < 4.78 is 21.7. The highest BCUT2D eigenvalue weighted by atomic mass is 16.6. The zero-order valence-corrected chi connectivity index (χ0v) is 22.0. The number of hydrogen-bond acceptors (Lipinski definition) is 8. The predicted molar refractivity (Wildman–Crippen MR) is 134 cm³/mol. The number of phenolic OH excluding ortho intramolecular Hbond substituents is 1. The first-order valence-electron chi connectivity index (χ1n) is 11.8. The van der Waals surface area contributed by atoms with Crippen molar-refractivity contribution >= 4 is 17.9 Å². The molecule has 0 heterocycles. The lowest BCUT2D eigenvalue weighted by Gasteiger charge is -2.33. The molecule has 0 amide bonds. The molecule has 0 saturated carbocycles. The van der Waals surface area contributed by atoms with Crippen molar-refractivity contribution in [3.63, 3.8) is 0 Å². The van der Waals surface area contributed by atoms with E-state index in [2.05, 4.69) is 0 Å². The van der Waals surface area contributed by atoms with E-state index in [1.165, 1.54) is 24.3 Å². The molecule has 0 aliphatic rings. The molecule has 2 aromatic rings. The molecular formula is C28H36O8. The fourth-order valence-electron chi connectivity index (χ4n) is 3.50. The largest absolute Gasteiger partial charge is 0.508 e. The number of phenols is 1. The van der Waals surface area contributed by atoms with Crippen molar-refractivity contribution in [1.82, 2.24) is 0 Å². The first-order chi connectivity index (χ1) is 16.6. The van der Waals surface area contributed by atoms with Gasteiger partial charge in [0, 0.05) is 0 Å². The topological polar surface area (TPSA) is 108 Å². The highest BCUT2D eigenvalue weighted by Crippen LogP contribution is 2.39. The molecule has 0 aromatic heterocycles. The number of ether oxygens (including phenoxy) is 4. The van der Waals surface area contributed by atoms with Crippen LogP contribution in [-0.4, -0.2) is 35.2 Å². The number of esters is 3. The van der Waals surface area contributed by atoms with Gasteiger partial charge in [0.05, 0.1) is 10.8 Å². The third-order valence-corrected chi connectivity index (χ3v) is 5.52. The van der Waals surface area contributed by atoms with Gasteiger partial charge in [-0.2, -0.15) is 0 Å². The van der Waals surface area contributed by atoms with E-state index in [1.807, 2.05) is 6.92 Å². The molecular weight excluding hydrogens is 464 g/mol. The average Bonchev–Trinajstić information content (AvgIpc) is 2.78. The highest BCUT2D eigenvalue weighted by molar-refractivity contribution is 5.82. The zero-order valence-electron chi connectivity index (χ0n) is 22.0. The molecule has 0 aliphatic heterocycles. The molecule has 2 rings (SSSR count). The Bertz CT molecular complexity index is 1050. The van der Waals surface area contributed by atoms with Crippen LogP contribution in [0.25, 0.3) is 0 Å². The molecule has 2 aromatic carbocycles. The number of carbonyl (C=O) groups excluding carboxylic acids is 3. The zero-order chi connectivity index (χ0) is 27.1. The lowest BCUT2D eigenvalue weighted by atomic mass is 9.72. The van der Waals surface area contributed by atoms with E-state index in [0.29, 0.717) is 23.7 Å². The number of carbonyl (C=O) groups is 3. The average molecular weight is 501 g/mol. The maximum absolute atomic E-state index is 13.0. The van der Waals surface area contributed by atoms with Gasteiger partial charge in [-0.3, -0.25) is 9.59 Å². The molecule has 0 bridgehead atoms. The van der Waals surface area contributed by atoms with Crippen molar-refractivity contribution in [3.8, 4) is 23.0 Å². The van der Waals surface area contributed by atoms with Gasteiger partial charge in [0.25, 0.3) is 0 Å². The summed E-state index contributed by atoms with van der Waals surface area (Å²) in [6, 6.07) is 12.2. The Hall–Kier alpha value is -3.55. The van der Waals surface area contributed by atoms with E-state index in [1.54, 1.807) is 65.8 Å². The highest BCUT2D eigenvalue weighted by Gasteiger charge is 2.43. The number of rotatable bonds is 10. The van der Waals surface area contributed by atoms with E-state index < -0.39 is 34.3 Å². The molecule has 1 N–H and O–H groups in total. The van der Waals surface area contributed by atoms with E-state index in [-0.39, 0.29) is 18.8 Å². The molecule has 196 valence electrons. The minimum atomic E-state index is -0.995. The Morgan fingerprint density at radius 3 is 1.72 bits per heavy atom. The molecule has 0 aliphatic carbocycles. The van der Waals surface area contributed by atoms with E-state index in [4.69, 9.17) is 18.9 Å². The van der Waals surface area contributed by atoms with Gasteiger partial charge in [-0.1, -0.05) is 6.92 Å². The molecule has 0 saturated heterocycles. The second-order valence-corrected chi connectivity index (χ2v) is 10.6. The Balaban J connectivity index is 1.98. The Morgan fingerprint density at radius 2 is 1.22 bits per heavy atom. The monoisotopic (exact) mass is 500 g/mol. The summed E-state index contributed by atoms with van der Waals surface area (Å²) in [4.78, 5) is 37.7. The third kappa shape index (κ3) is 8.59. The van der Waals surface area contributed by atoms with Crippen molar-refractivity contribution < 1.29 is 38.4 Å². The van der Waals surface area contributed by atoms with Gasteiger partial charge in [-0.15, -0.1) is 0 Å². The van der Waals surface area contributed by atoms with E-state index >= 15 is 0 Å². The van der Waals surface area contributed by atoms with Crippen LogP contribution in [0.1, 0.15) is 61.3 Å². The van der Waals surface area contributed by atoms with Gasteiger partial charge in [0.15, 0.2) is 6.61 Å². The summed E-state index contributed by atoms with van der Waals surface area (Å²) in [5.41, 5.74) is -2.54. The molecule has 1 unspecified atom stereocenters. The second kappa shape index (κ2) is 11.5. The van der Waals surface area contributed by atoms with Crippen molar-refractivity contribution in [2.75, 3.05) is 6.61 Å². The van der Waals surface area contributed by atoms with Crippen molar-refractivity contribution in [2.45, 2.75) is 66.9 Å². The van der Waals surface area contributed by atoms with E-state index in [9.17, 15) is 19.5 Å². The number of benzene rings is 2. The van der Waals surface area contributed by atoms with Gasteiger partial charge in [-0.05, 0) is 103 Å². The lowest BCUT2D eigenvalue weighted by Crippen LogP contribution is -2.40. The van der Waals surface area contributed by atoms with Crippen molar-refractivity contribution in [1.29, 1.82) is 0 Å². The van der Waals surface area contributed by atoms with Gasteiger partial charge >= 0.3 is 17.9 Å². The van der Waals surface area contributed by atoms with Gasteiger partial charge in [0.1, 0.15) is 28.6 Å². The minimum Gasteiger partial charge on any atom is -0.508 e. The standard InChI is InChI=1S/C28H36O8/c1-8-28(7,25(32)35-21-11-9-19(29)10-12-21)18-27(5,6)24(31)34-22-15-13-20(14-16-22)33-17-23(30)36-26(2,3)4/h9-16,29H,8,17-18H2,1-7H3. The molecule has 0 fully saturated rings. The summed E-state index contributed by atoms with van der Waals surface area (Å²) in [6.45, 7) is 12.1. The Morgan fingerprint density at radius 1 is 0.750 bits per heavy atom. The Labute approximate surface area is 212 Å². The maximum Gasteiger partial charge on any atom is 0.344 e. The first kappa shape index (κ1) is 28.7. The molecule has 1 atom stereocenters. The fraction of sp³-hybridized carbons (Fsp3) is 0.464. The predicted octanol–water partition coefficient (Wildman–Crippen LogP) is 5.46. The summed E-state index contributed by atoms with van der Waals surface area (Å²) in [5, 5.41) is 9.42. The normalized spacial score (nSPS) is 13.3. The van der Waals surface area contributed by atoms with E-state index in [0.717, 1.165) is 0 Å². The fourth-order valence-corrected chi connectivity index (χ4v) is 3.50. The smallest absolute Gasteiger partial charge is 0.344 e. The summed E-state index contributed by atoms with van der Waals surface area (Å²) >= 11 is 0. The maximum atomic E-state index is 13.0. The van der Waals surface area contributed by atoms with Crippen LogP contribution in [-0.2, 0) is 19.1 Å². The van der Waals surface area contributed by atoms with Crippen LogP contribution in [0.5, 0.6) is 23.0 Å². The second-order valence-electron chi connectivity index (χ2n) is 10.6. The summed E-state index contributed by atoms with van der Waals surface area (Å²) in [5.74, 6) is -0.336. The molecule has 0 radical (unpaired) electrons. The van der Waals surface area contributed by atoms with Crippen LogP contribution in [0.15, 0.2) is 48.5 Å². The van der Waals surface area contributed by atoms with Crippen LogP contribution >= 0.6 is 0 Å². The van der Waals surface area contributed by atoms with Crippen LogP contribution in [0, 0.1) is 10.8 Å². The third-order valence-electron chi connectivity index (χ3n) is 5.52. The van der Waals surface area contributed by atoms with Crippen LogP contribution in [0.4, 0.5) is 0 Å².